The molecular formula is C22H20F3N5O5S. The van der Waals surface area contributed by atoms with E-state index in [1.807, 2.05) is 0 Å². The van der Waals surface area contributed by atoms with Gasteiger partial charge in [-0.05, 0) is 29.3 Å². The van der Waals surface area contributed by atoms with Gasteiger partial charge in [-0.25, -0.2) is 8.42 Å². The quantitative estimate of drug-likeness (QED) is 0.345. The number of amides is 1. The van der Waals surface area contributed by atoms with Gasteiger partial charge >= 0.3 is 12.1 Å². The molecule has 0 radical (unpaired) electrons. The molecule has 0 aliphatic carbocycles. The fraction of sp³-hybridized carbons (Fsp3) is 0.227. The molecule has 0 aliphatic rings. The van der Waals surface area contributed by atoms with E-state index in [1.165, 1.54) is 24.1 Å². The summed E-state index contributed by atoms with van der Waals surface area (Å²) < 4.78 is 76.9. The Morgan fingerprint density at radius 1 is 1.14 bits per heavy atom. The van der Waals surface area contributed by atoms with Crippen molar-refractivity contribution in [2.75, 3.05) is 11.8 Å². The highest BCUT2D eigenvalue weighted by Gasteiger charge is 2.38. The van der Waals surface area contributed by atoms with Gasteiger partial charge in [0.25, 0.3) is 0 Å². The van der Waals surface area contributed by atoms with Gasteiger partial charge in [0.1, 0.15) is 11.1 Å². The van der Waals surface area contributed by atoms with E-state index in [4.69, 9.17) is 9.26 Å². The molecule has 0 unspecified atom stereocenters. The van der Waals surface area contributed by atoms with E-state index in [2.05, 4.69) is 15.0 Å². The Kier molecular flexibility index (Phi) is 6.88. The maximum atomic E-state index is 12.6. The molecule has 2 aromatic carbocycles. The van der Waals surface area contributed by atoms with Crippen molar-refractivity contribution < 1.29 is 35.6 Å². The van der Waals surface area contributed by atoms with Crippen molar-refractivity contribution in [3.8, 4) is 5.75 Å². The number of benzene rings is 2. The van der Waals surface area contributed by atoms with Gasteiger partial charge in [-0.2, -0.15) is 18.3 Å². The third-order valence-electron chi connectivity index (χ3n) is 5.00. The normalized spacial score (nSPS) is 12.0. The molecule has 0 bridgehead atoms. The van der Waals surface area contributed by atoms with Crippen LogP contribution < -0.4 is 14.8 Å². The van der Waals surface area contributed by atoms with Gasteiger partial charge in [-0.1, -0.05) is 35.5 Å². The van der Waals surface area contributed by atoms with Gasteiger partial charge in [0.05, 0.1) is 31.6 Å². The molecule has 0 spiro atoms. The number of sulfonamides is 1. The minimum atomic E-state index is -4.97. The van der Waals surface area contributed by atoms with Crippen LogP contribution in [-0.4, -0.2) is 42.5 Å². The van der Waals surface area contributed by atoms with Crippen LogP contribution in [-0.2, 0) is 33.7 Å². The van der Waals surface area contributed by atoms with E-state index in [9.17, 15) is 26.4 Å². The van der Waals surface area contributed by atoms with Crippen LogP contribution in [0.4, 0.5) is 19.0 Å². The van der Waals surface area contributed by atoms with E-state index in [0.717, 1.165) is 0 Å². The Balaban J connectivity index is 1.50. The average molecular weight is 523 g/mol. The largest absolute Gasteiger partial charge is 0.496 e. The first-order valence-corrected chi connectivity index (χ1v) is 12.1. The third kappa shape index (κ3) is 5.94. The predicted octanol–water partition coefficient (Wildman–Crippen LogP) is 3.20. The number of fused-ring (bicyclic) bond motifs is 1. The van der Waals surface area contributed by atoms with Gasteiger partial charge in [-0.15, -0.1) is 0 Å². The number of hydrogen-bond acceptors (Lipinski definition) is 7. The van der Waals surface area contributed by atoms with Crippen LogP contribution in [0.15, 0.2) is 59.3 Å². The van der Waals surface area contributed by atoms with Crippen molar-refractivity contribution in [1.82, 2.24) is 20.3 Å². The summed E-state index contributed by atoms with van der Waals surface area (Å²) in [6.07, 6.45) is -3.44. The van der Waals surface area contributed by atoms with E-state index in [-0.39, 0.29) is 35.9 Å². The van der Waals surface area contributed by atoms with Crippen LogP contribution in [0.25, 0.3) is 11.0 Å². The summed E-state index contributed by atoms with van der Waals surface area (Å²) in [6, 6.07) is 13.4. The number of halogens is 3. The molecule has 2 aromatic heterocycles. The van der Waals surface area contributed by atoms with Gasteiger partial charge in [0.2, 0.25) is 10.0 Å². The van der Waals surface area contributed by atoms with Crippen LogP contribution in [0.1, 0.15) is 16.8 Å². The second kappa shape index (κ2) is 9.89. The van der Waals surface area contributed by atoms with Crippen LogP contribution in [0.5, 0.6) is 5.75 Å². The van der Waals surface area contributed by atoms with E-state index in [0.29, 0.717) is 22.3 Å². The number of hydrogen-bond donors (Lipinski definition) is 2. The van der Waals surface area contributed by atoms with Crippen molar-refractivity contribution in [2.24, 2.45) is 0 Å². The number of rotatable bonds is 9. The molecule has 0 atom stereocenters. The molecule has 10 nitrogen and oxygen atoms in total. The number of nitrogens with one attached hydrogen (secondary N) is 2. The fourth-order valence-corrected chi connectivity index (χ4v) is 4.57. The summed E-state index contributed by atoms with van der Waals surface area (Å²) in [5.74, 6) is -2.03. The molecule has 14 heteroatoms. The first kappa shape index (κ1) is 25.0. The Labute approximate surface area is 203 Å². The van der Waals surface area contributed by atoms with Gasteiger partial charge in [0, 0.05) is 6.20 Å². The summed E-state index contributed by atoms with van der Waals surface area (Å²) in [6.45, 7) is -0.197. The van der Waals surface area contributed by atoms with E-state index >= 15 is 0 Å². The van der Waals surface area contributed by atoms with Crippen LogP contribution >= 0.6 is 0 Å². The van der Waals surface area contributed by atoms with Gasteiger partial charge < -0.3 is 14.6 Å². The number of methoxy groups -OCH3 is 1. The molecule has 0 saturated heterocycles. The summed E-state index contributed by atoms with van der Waals surface area (Å²) >= 11 is 0. The number of nitrogens with zero attached hydrogens (tertiary/aromatic N) is 3. The lowest BCUT2D eigenvalue weighted by atomic mass is 10.1. The zero-order valence-corrected chi connectivity index (χ0v) is 19.6. The average Bonchev–Trinajstić information content (AvgIpc) is 3.43. The highest BCUT2D eigenvalue weighted by atomic mass is 32.2. The van der Waals surface area contributed by atoms with Crippen molar-refractivity contribution in [3.63, 3.8) is 0 Å². The predicted molar refractivity (Wildman–Crippen MR) is 122 cm³/mol. The van der Waals surface area contributed by atoms with Crippen molar-refractivity contribution >= 4 is 32.7 Å². The lowest BCUT2D eigenvalue weighted by molar-refractivity contribution is -0.173. The molecule has 0 aliphatic heterocycles. The number of aromatic nitrogens is 3. The minimum Gasteiger partial charge on any atom is -0.496 e. The Bertz CT molecular complexity index is 1480. The fourth-order valence-electron chi connectivity index (χ4n) is 3.43. The van der Waals surface area contributed by atoms with Gasteiger partial charge in [0.15, 0.2) is 11.4 Å². The van der Waals surface area contributed by atoms with Crippen LogP contribution in [0.3, 0.4) is 0 Å². The van der Waals surface area contributed by atoms with E-state index in [1.54, 1.807) is 47.8 Å². The highest BCUT2D eigenvalue weighted by Crippen LogP contribution is 2.34. The van der Waals surface area contributed by atoms with Crippen molar-refractivity contribution in [1.29, 1.82) is 0 Å². The maximum Gasteiger partial charge on any atom is 0.471 e. The molecule has 0 saturated carbocycles. The number of alkyl halides is 3. The Morgan fingerprint density at radius 2 is 1.89 bits per heavy atom. The third-order valence-corrected chi connectivity index (χ3v) is 6.22. The van der Waals surface area contributed by atoms with Crippen molar-refractivity contribution in [2.45, 2.75) is 25.0 Å². The number of carbonyl (C=O) groups is 1. The second-order valence-electron chi connectivity index (χ2n) is 7.73. The zero-order chi connectivity index (χ0) is 25.9. The molecular weight excluding hydrogens is 503 g/mol. The lowest BCUT2D eigenvalue weighted by Crippen LogP contribution is -2.36. The number of carbonyl (C=O) groups excluding carboxylic acids is 1. The van der Waals surface area contributed by atoms with Gasteiger partial charge in [-0.3, -0.25) is 14.2 Å². The lowest BCUT2D eigenvalue weighted by Gasteiger charge is -2.09. The molecule has 4 aromatic rings. The monoisotopic (exact) mass is 523 g/mol. The Hall–Kier alpha value is -4.07. The number of anilines is 1. The molecule has 190 valence electrons. The maximum absolute atomic E-state index is 12.6. The first-order chi connectivity index (χ1) is 17.0. The molecule has 4 rings (SSSR count). The second-order valence-corrected chi connectivity index (χ2v) is 9.46. The summed E-state index contributed by atoms with van der Waals surface area (Å²) in [7, 11) is -2.39. The van der Waals surface area contributed by atoms with Crippen LogP contribution in [0.2, 0.25) is 0 Å². The minimum absolute atomic E-state index is 0.0221. The smallest absolute Gasteiger partial charge is 0.471 e. The molecule has 2 heterocycles. The zero-order valence-electron chi connectivity index (χ0n) is 18.7. The summed E-state index contributed by atoms with van der Waals surface area (Å²) in [5, 5.41) is 10.1. The van der Waals surface area contributed by atoms with Crippen molar-refractivity contribution in [3.05, 3.63) is 71.5 Å². The molecule has 2 N–H and O–H groups in total. The molecule has 36 heavy (non-hydrogen) atoms. The summed E-state index contributed by atoms with van der Waals surface area (Å²) in [5.41, 5.74) is 1.73. The standard InChI is InChI=1S/C22H20F3N5O5S/c1-34-17-9-15(12-30-8-7-16(27-30)11-26-21(31)22(23,24)25)10-18-19(17)20(28-35-18)29-36(32,33)13-14-5-3-2-4-6-14/h2-10H,11-13H2,1H3,(H,26,31)(H,28,29). The number of ether oxygens (including phenoxy) is 1. The highest BCUT2D eigenvalue weighted by molar-refractivity contribution is 7.91. The van der Waals surface area contributed by atoms with E-state index < -0.39 is 22.1 Å². The molecule has 0 fully saturated rings. The molecule has 1 amide bonds. The summed E-state index contributed by atoms with van der Waals surface area (Å²) in [4.78, 5) is 11.0. The first-order valence-electron chi connectivity index (χ1n) is 10.4. The topological polar surface area (TPSA) is 128 Å². The Morgan fingerprint density at radius 3 is 2.58 bits per heavy atom. The van der Waals surface area contributed by atoms with Crippen LogP contribution in [0, 0.1) is 0 Å². The SMILES string of the molecule is COc1cc(Cn2ccc(CNC(=O)C(F)(F)F)n2)cc2onc(NS(=O)(=O)Cc3ccccc3)c12.